The molecule has 0 saturated carbocycles. The molecule has 5 nitrogen and oxygen atoms in total. The quantitative estimate of drug-likeness (QED) is 0.558. The number of phenols is 1. The fourth-order valence-corrected chi connectivity index (χ4v) is 3.81. The van der Waals surface area contributed by atoms with Crippen LogP contribution in [-0.2, 0) is 4.79 Å². The smallest absolute Gasteiger partial charge is 0.311 e. The van der Waals surface area contributed by atoms with E-state index in [1.165, 1.54) is 6.92 Å². The zero-order chi connectivity index (χ0) is 23.4. The Balaban J connectivity index is 2.46. The van der Waals surface area contributed by atoms with Crippen LogP contribution < -0.4 is 0 Å². The molecule has 0 aliphatic carbocycles. The van der Waals surface area contributed by atoms with E-state index in [9.17, 15) is 37.4 Å². The molecule has 3 rings (SSSR count). The summed E-state index contributed by atoms with van der Waals surface area (Å²) in [6.07, 6.45) is 0. The Hall–Kier alpha value is -3.36. The van der Waals surface area contributed by atoms with Gasteiger partial charge in [-0.2, -0.15) is 0 Å². The number of hydrogen-bond acceptors (Lipinski definition) is 3. The zero-order valence-corrected chi connectivity index (χ0v) is 17.1. The summed E-state index contributed by atoms with van der Waals surface area (Å²) in [6.45, 7) is 6.11. The van der Waals surface area contributed by atoms with Crippen LogP contribution in [0, 0.1) is 35.6 Å². The SMILES string of the molecule is Cc1c(C(C(=O)O)C(C)(C)C)c2c(F)c(O)c(F)cc2n1C(=O)c1ccc(F)c(F)c1. The van der Waals surface area contributed by atoms with Gasteiger partial charge < -0.3 is 10.2 Å². The summed E-state index contributed by atoms with van der Waals surface area (Å²) in [5.74, 6) is -10.2. The fraction of sp³-hybridized carbons (Fsp3) is 0.273. The van der Waals surface area contributed by atoms with Crippen molar-refractivity contribution in [1.29, 1.82) is 0 Å². The molecule has 1 aromatic heterocycles. The number of fused-ring (bicyclic) bond motifs is 1. The summed E-state index contributed by atoms with van der Waals surface area (Å²) < 4.78 is 57.0. The summed E-state index contributed by atoms with van der Waals surface area (Å²) in [6, 6.07) is 3.06. The second-order valence-electron chi connectivity index (χ2n) is 8.32. The predicted molar refractivity (Wildman–Crippen MR) is 104 cm³/mol. The molecule has 3 aromatic rings. The standard InChI is InChI=1S/C22H19F4NO4/c1-9-15(17(21(30)31)22(2,3)4)16-14(8-13(25)19(28)18(16)26)27(9)20(29)10-5-6-11(23)12(24)7-10/h5-8,17,28H,1-4H3,(H,30,31). The summed E-state index contributed by atoms with van der Waals surface area (Å²) in [5, 5.41) is 19.2. The maximum Gasteiger partial charge on any atom is 0.311 e. The minimum Gasteiger partial charge on any atom is -0.503 e. The molecule has 2 N–H and O–H groups in total. The van der Waals surface area contributed by atoms with Gasteiger partial charge in [0.2, 0.25) is 0 Å². The molecule has 0 aliphatic rings. The average Bonchev–Trinajstić information content (AvgIpc) is 2.92. The van der Waals surface area contributed by atoms with E-state index < -0.39 is 57.6 Å². The zero-order valence-electron chi connectivity index (χ0n) is 17.1. The van der Waals surface area contributed by atoms with Crippen LogP contribution in [-0.4, -0.2) is 26.7 Å². The van der Waals surface area contributed by atoms with Crippen molar-refractivity contribution < 1.29 is 37.4 Å². The second kappa shape index (κ2) is 7.40. The topological polar surface area (TPSA) is 79.5 Å². The van der Waals surface area contributed by atoms with Crippen LogP contribution in [0.25, 0.3) is 10.9 Å². The highest BCUT2D eigenvalue weighted by Crippen LogP contribution is 2.44. The lowest BCUT2D eigenvalue weighted by molar-refractivity contribution is -0.141. The minimum atomic E-state index is -1.42. The maximum atomic E-state index is 15.0. The number of phenolic OH excluding ortho intramolecular Hbond substituents is 1. The largest absolute Gasteiger partial charge is 0.503 e. The number of benzene rings is 2. The van der Waals surface area contributed by atoms with Crippen LogP contribution >= 0.6 is 0 Å². The van der Waals surface area contributed by atoms with Crippen LogP contribution in [0.5, 0.6) is 5.75 Å². The highest BCUT2D eigenvalue weighted by molar-refractivity contribution is 6.05. The van der Waals surface area contributed by atoms with Crippen LogP contribution in [0.1, 0.15) is 48.3 Å². The number of aliphatic carboxylic acids is 1. The van der Waals surface area contributed by atoms with Gasteiger partial charge in [0.1, 0.15) is 0 Å². The lowest BCUT2D eigenvalue weighted by Crippen LogP contribution is -2.27. The Kier molecular flexibility index (Phi) is 5.33. The Morgan fingerprint density at radius 3 is 2.13 bits per heavy atom. The molecule has 0 saturated heterocycles. The molecule has 1 heterocycles. The summed E-state index contributed by atoms with van der Waals surface area (Å²) in [4.78, 5) is 25.2. The minimum absolute atomic E-state index is 0.0315. The van der Waals surface area contributed by atoms with Gasteiger partial charge in [0.15, 0.2) is 29.0 Å². The summed E-state index contributed by atoms with van der Waals surface area (Å²) in [7, 11) is 0. The molecule has 164 valence electrons. The van der Waals surface area contributed by atoms with Crippen LogP contribution in [0.15, 0.2) is 24.3 Å². The number of aromatic hydroxyl groups is 1. The average molecular weight is 437 g/mol. The molecule has 31 heavy (non-hydrogen) atoms. The first-order valence-electron chi connectivity index (χ1n) is 9.21. The monoisotopic (exact) mass is 437 g/mol. The van der Waals surface area contributed by atoms with Gasteiger partial charge >= 0.3 is 5.97 Å². The lowest BCUT2D eigenvalue weighted by Gasteiger charge is -2.28. The Morgan fingerprint density at radius 2 is 1.61 bits per heavy atom. The van der Waals surface area contributed by atoms with Crippen molar-refractivity contribution in [3.63, 3.8) is 0 Å². The van der Waals surface area contributed by atoms with E-state index in [1.54, 1.807) is 20.8 Å². The van der Waals surface area contributed by atoms with Crippen LogP contribution in [0.4, 0.5) is 17.6 Å². The van der Waals surface area contributed by atoms with Crippen molar-refractivity contribution >= 4 is 22.8 Å². The number of carboxylic acid groups (broad SMARTS) is 1. The number of carbonyl (C=O) groups is 2. The highest BCUT2D eigenvalue weighted by Gasteiger charge is 2.39. The number of halogens is 4. The molecule has 0 fully saturated rings. The van der Waals surface area contributed by atoms with Gasteiger partial charge in [-0.25, -0.2) is 17.6 Å². The molecular formula is C22H19F4NO4. The van der Waals surface area contributed by atoms with E-state index in [2.05, 4.69) is 0 Å². The molecule has 0 aliphatic heterocycles. The van der Waals surface area contributed by atoms with E-state index in [0.717, 1.165) is 16.7 Å². The van der Waals surface area contributed by atoms with Crippen molar-refractivity contribution in [2.24, 2.45) is 5.41 Å². The highest BCUT2D eigenvalue weighted by atomic mass is 19.2. The third-order valence-electron chi connectivity index (χ3n) is 5.18. The van der Waals surface area contributed by atoms with Crippen molar-refractivity contribution in [2.45, 2.75) is 33.6 Å². The molecule has 0 bridgehead atoms. The van der Waals surface area contributed by atoms with Crippen LogP contribution in [0.2, 0.25) is 0 Å². The van der Waals surface area contributed by atoms with Gasteiger partial charge in [0.25, 0.3) is 5.91 Å². The maximum absolute atomic E-state index is 15.0. The number of rotatable bonds is 3. The molecule has 0 amide bonds. The van der Waals surface area contributed by atoms with Gasteiger partial charge in [-0.1, -0.05) is 20.8 Å². The summed E-state index contributed by atoms with van der Waals surface area (Å²) in [5.41, 5.74) is -1.78. The molecule has 2 aromatic carbocycles. The molecule has 0 spiro atoms. The molecule has 1 unspecified atom stereocenters. The van der Waals surface area contributed by atoms with Gasteiger partial charge in [-0.3, -0.25) is 14.2 Å². The number of carbonyl (C=O) groups excluding carboxylic acids is 1. The Labute approximate surface area is 174 Å². The first kappa shape index (κ1) is 22.3. The fourth-order valence-electron chi connectivity index (χ4n) is 3.81. The second-order valence-corrected chi connectivity index (χ2v) is 8.32. The molecular weight excluding hydrogens is 418 g/mol. The number of carboxylic acids is 1. The van der Waals surface area contributed by atoms with E-state index in [4.69, 9.17) is 0 Å². The van der Waals surface area contributed by atoms with Gasteiger partial charge in [0.05, 0.1) is 11.4 Å². The third-order valence-corrected chi connectivity index (χ3v) is 5.18. The van der Waals surface area contributed by atoms with E-state index in [0.29, 0.717) is 12.1 Å². The van der Waals surface area contributed by atoms with E-state index in [1.807, 2.05) is 0 Å². The number of hydrogen-bond donors (Lipinski definition) is 2. The van der Waals surface area contributed by atoms with Crippen LogP contribution in [0.3, 0.4) is 0 Å². The van der Waals surface area contributed by atoms with Gasteiger partial charge in [-0.15, -0.1) is 0 Å². The number of aromatic nitrogens is 1. The van der Waals surface area contributed by atoms with Gasteiger partial charge in [0, 0.05) is 22.7 Å². The van der Waals surface area contributed by atoms with E-state index >= 15 is 0 Å². The Bertz CT molecular complexity index is 1240. The molecule has 9 heteroatoms. The third kappa shape index (κ3) is 3.54. The normalized spacial score (nSPS) is 12.9. The first-order chi connectivity index (χ1) is 14.3. The number of nitrogens with zero attached hydrogens (tertiary/aromatic N) is 1. The van der Waals surface area contributed by atoms with Crippen molar-refractivity contribution in [1.82, 2.24) is 4.57 Å². The van der Waals surface area contributed by atoms with Crippen molar-refractivity contribution in [2.75, 3.05) is 0 Å². The molecule has 0 radical (unpaired) electrons. The van der Waals surface area contributed by atoms with Crippen molar-refractivity contribution in [3.05, 3.63) is 64.4 Å². The van der Waals surface area contributed by atoms with E-state index in [-0.39, 0.29) is 22.3 Å². The van der Waals surface area contributed by atoms with Crippen molar-refractivity contribution in [3.8, 4) is 5.75 Å². The lowest BCUT2D eigenvalue weighted by atomic mass is 9.75. The summed E-state index contributed by atoms with van der Waals surface area (Å²) >= 11 is 0. The first-order valence-corrected chi connectivity index (χ1v) is 9.21. The molecule has 1 atom stereocenters. The Morgan fingerprint density at radius 1 is 1.00 bits per heavy atom. The van der Waals surface area contributed by atoms with Gasteiger partial charge in [-0.05, 0) is 36.1 Å². The predicted octanol–water partition coefficient (Wildman–Crippen LogP) is 5.11.